The SMILES string of the molecule is CC1(C)C=Cc2c(C3=CC(c4cccc5ccccc45)=NC(c4cccc5ccccc45)N3)cc3c(c21)Oc1ccccc1-c1ccccc1-3. The lowest BCUT2D eigenvalue weighted by molar-refractivity contribution is 0.470. The van der Waals surface area contributed by atoms with Crippen molar-refractivity contribution in [3.63, 3.8) is 0 Å². The highest BCUT2D eigenvalue weighted by Gasteiger charge is 2.36. The van der Waals surface area contributed by atoms with Crippen molar-refractivity contribution in [1.82, 2.24) is 5.32 Å². The van der Waals surface area contributed by atoms with Crippen LogP contribution in [-0.2, 0) is 5.41 Å². The highest BCUT2D eigenvalue weighted by molar-refractivity contribution is 6.19. The van der Waals surface area contributed by atoms with Crippen molar-refractivity contribution in [3.05, 3.63) is 179 Å². The maximum Gasteiger partial charge on any atom is 0.146 e. The third-order valence-electron chi connectivity index (χ3n) is 10.6. The molecular weight excluding hydrogens is 609 g/mol. The van der Waals surface area contributed by atoms with E-state index in [1.54, 1.807) is 0 Å². The molecule has 1 unspecified atom stereocenters. The molecular formula is C47H34N2O. The topological polar surface area (TPSA) is 33.6 Å². The van der Waals surface area contributed by atoms with Crippen LogP contribution in [0.4, 0.5) is 0 Å². The van der Waals surface area contributed by atoms with Crippen molar-refractivity contribution in [2.45, 2.75) is 25.4 Å². The molecule has 2 aliphatic heterocycles. The maximum absolute atomic E-state index is 6.98. The highest BCUT2D eigenvalue weighted by atomic mass is 16.5. The summed E-state index contributed by atoms with van der Waals surface area (Å²) in [7, 11) is 0. The van der Waals surface area contributed by atoms with Gasteiger partial charge in [0.2, 0.25) is 0 Å². The van der Waals surface area contributed by atoms with Crippen LogP contribution in [0.3, 0.4) is 0 Å². The Kier molecular flexibility index (Phi) is 6.28. The summed E-state index contributed by atoms with van der Waals surface area (Å²) in [6.45, 7) is 4.58. The van der Waals surface area contributed by atoms with Crippen LogP contribution >= 0.6 is 0 Å². The molecule has 3 aliphatic rings. The maximum atomic E-state index is 6.98. The predicted molar refractivity (Wildman–Crippen MR) is 208 cm³/mol. The van der Waals surface area contributed by atoms with Crippen molar-refractivity contribution in [3.8, 4) is 33.8 Å². The Morgan fingerprint density at radius 1 is 0.600 bits per heavy atom. The number of hydrogen-bond donors (Lipinski definition) is 1. The molecule has 1 aliphatic carbocycles. The number of rotatable bonds is 3. The Labute approximate surface area is 291 Å². The summed E-state index contributed by atoms with van der Waals surface area (Å²) in [5.74, 6) is 1.81. The van der Waals surface area contributed by atoms with Gasteiger partial charge in [-0.15, -0.1) is 0 Å². The molecule has 1 N–H and O–H groups in total. The van der Waals surface area contributed by atoms with E-state index >= 15 is 0 Å². The molecule has 0 amide bonds. The zero-order valence-corrected chi connectivity index (χ0v) is 27.9. The van der Waals surface area contributed by atoms with Gasteiger partial charge in [0.05, 0.1) is 5.71 Å². The zero-order valence-electron chi connectivity index (χ0n) is 27.9. The predicted octanol–water partition coefficient (Wildman–Crippen LogP) is 11.9. The van der Waals surface area contributed by atoms with Crippen LogP contribution in [0.25, 0.3) is 55.6 Å². The minimum absolute atomic E-state index is 0.236. The van der Waals surface area contributed by atoms with Crippen molar-refractivity contribution >= 4 is 39.0 Å². The summed E-state index contributed by atoms with van der Waals surface area (Å²) in [6, 6.07) is 49.7. The number of nitrogens with zero attached hydrogens (tertiary/aromatic N) is 1. The summed E-state index contributed by atoms with van der Waals surface area (Å²) in [4.78, 5) is 5.47. The summed E-state index contributed by atoms with van der Waals surface area (Å²) < 4.78 is 6.98. The molecule has 0 fully saturated rings. The van der Waals surface area contributed by atoms with Crippen LogP contribution in [0.1, 0.15) is 47.8 Å². The van der Waals surface area contributed by atoms with Gasteiger partial charge in [-0.25, -0.2) is 0 Å². The number of ether oxygens (including phenoxy) is 1. The summed E-state index contributed by atoms with van der Waals surface area (Å²) in [6.07, 6.45) is 6.56. The number of hydrogen-bond acceptors (Lipinski definition) is 3. The van der Waals surface area contributed by atoms with Gasteiger partial charge in [0.1, 0.15) is 17.7 Å². The van der Waals surface area contributed by atoms with E-state index in [2.05, 4.69) is 177 Å². The van der Waals surface area contributed by atoms with E-state index in [0.717, 1.165) is 50.7 Å². The van der Waals surface area contributed by atoms with Gasteiger partial charge in [0, 0.05) is 44.5 Å². The Morgan fingerprint density at radius 2 is 1.22 bits per heavy atom. The highest BCUT2D eigenvalue weighted by Crippen LogP contribution is 2.54. The molecule has 0 saturated heterocycles. The summed E-state index contributed by atoms with van der Waals surface area (Å²) >= 11 is 0. The second-order valence-corrected chi connectivity index (χ2v) is 14.0. The van der Waals surface area contributed by atoms with Gasteiger partial charge in [0.25, 0.3) is 0 Å². The lowest BCUT2D eigenvalue weighted by atomic mass is 9.81. The quantitative estimate of drug-likeness (QED) is 0.208. The van der Waals surface area contributed by atoms with Crippen molar-refractivity contribution in [2.75, 3.05) is 0 Å². The molecule has 0 aromatic heterocycles. The van der Waals surface area contributed by atoms with Gasteiger partial charge >= 0.3 is 0 Å². The van der Waals surface area contributed by atoms with Crippen molar-refractivity contribution in [2.24, 2.45) is 4.99 Å². The number of allylic oxidation sites excluding steroid dienone is 2. The number of para-hydroxylation sites is 1. The van der Waals surface area contributed by atoms with E-state index in [1.807, 2.05) is 0 Å². The molecule has 7 aromatic carbocycles. The third kappa shape index (κ3) is 4.40. The first-order valence-electron chi connectivity index (χ1n) is 17.3. The first-order chi connectivity index (χ1) is 24.5. The standard InChI is InChI=1S/C47H34N2O/c1-47(2)26-25-37-39(27-40-34-20-8-7-19-33(34)36-21-9-10-24-43(36)50-45(40)44(37)47)42-28-41(35-22-11-15-29-13-3-5-17-31(29)35)48-46(49-42)38-23-12-16-30-14-4-6-18-32(30)38/h3-28,46,49H,1-2H3. The van der Waals surface area contributed by atoms with Gasteiger partial charge in [0.15, 0.2) is 0 Å². The number of aliphatic imine (C=N–C) groups is 1. The molecule has 238 valence electrons. The minimum Gasteiger partial charge on any atom is -0.456 e. The van der Waals surface area contributed by atoms with E-state index in [9.17, 15) is 0 Å². The van der Waals surface area contributed by atoms with E-state index < -0.39 is 0 Å². The first-order valence-corrected chi connectivity index (χ1v) is 17.3. The molecule has 2 heterocycles. The second-order valence-electron chi connectivity index (χ2n) is 14.0. The van der Waals surface area contributed by atoms with E-state index in [-0.39, 0.29) is 11.6 Å². The second kappa shape index (κ2) is 10.9. The van der Waals surface area contributed by atoms with E-state index in [0.29, 0.717) is 0 Å². The van der Waals surface area contributed by atoms with Crippen molar-refractivity contribution < 1.29 is 4.74 Å². The smallest absolute Gasteiger partial charge is 0.146 e. The Balaban J connectivity index is 1.24. The largest absolute Gasteiger partial charge is 0.456 e. The molecule has 50 heavy (non-hydrogen) atoms. The van der Waals surface area contributed by atoms with E-state index in [1.165, 1.54) is 43.8 Å². The Morgan fingerprint density at radius 3 is 2.04 bits per heavy atom. The molecule has 1 atom stereocenters. The molecule has 3 heteroatoms. The molecule has 10 rings (SSSR count). The van der Waals surface area contributed by atoms with Crippen LogP contribution in [0, 0.1) is 0 Å². The molecule has 3 nitrogen and oxygen atoms in total. The van der Waals surface area contributed by atoms with Crippen LogP contribution in [0.15, 0.2) is 157 Å². The molecule has 0 radical (unpaired) electrons. The fourth-order valence-corrected chi connectivity index (χ4v) is 8.16. The zero-order chi connectivity index (χ0) is 33.4. The van der Waals surface area contributed by atoms with Crippen LogP contribution in [0.2, 0.25) is 0 Å². The van der Waals surface area contributed by atoms with Gasteiger partial charge < -0.3 is 10.1 Å². The number of nitrogens with one attached hydrogen (secondary N) is 1. The Hall–Kier alpha value is -6.19. The monoisotopic (exact) mass is 642 g/mol. The summed E-state index contributed by atoms with van der Waals surface area (Å²) in [5, 5.41) is 8.74. The molecule has 7 aromatic rings. The molecule has 0 saturated carbocycles. The third-order valence-corrected chi connectivity index (χ3v) is 10.6. The average molecular weight is 643 g/mol. The Bertz CT molecular complexity index is 2630. The van der Waals surface area contributed by atoms with Crippen molar-refractivity contribution in [1.29, 1.82) is 0 Å². The van der Waals surface area contributed by atoms with Gasteiger partial charge in [-0.1, -0.05) is 153 Å². The average Bonchev–Trinajstić information content (AvgIpc) is 3.41. The normalized spacial score (nSPS) is 16.6. The molecule has 0 spiro atoms. The van der Waals surface area contributed by atoms with Crippen LogP contribution in [0.5, 0.6) is 11.5 Å². The van der Waals surface area contributed by atoms with Gasteiger partial charge in [-0.3, -0.25) is 4.99 Å². The lowest BCUT2D eigenvalue weighted by Crippen LogP contribution is -2.26. The van der Waals surface area contributed by atoms with Crippen LogP contribution < -0.4 is 10.1 Å². The van der Waals surface area contributed by atoms with E-state index in [4.69, 9.17) is 9.73 Å². The lowest BCUT2D eigenvalue weighted by Gasteiger charge is -2.29. The fraction of sp³-hybridized carbons (Fsp3) is 0.0851. The minimum atomic E-state index is -0.296. The fourth-order valence-electron chi connectivity index (χ4n) is 8.16. The summed E-state index contributed by atoms with van der Waals surface area (Å²) in [5.41, 5.74) is 12.1. The molecule has 0 bridgehead atoms. The van der Waals surface area contributed by atoms with Gasteiger partial charge in [-0.2, -0.15) is 0 Å². The number of benzene rings is 7. The van der Waals surface area contributed by atoms with Crippen LogP contribution in [-0.4, -0.2) is 5.71 Å². The number of fused-ring (bicyclic) bond motifs is 9. The first kappa shape index (κ1) is 28.8. The van der Waals surface area contributed by atoms with Gasteiger partial charge in [-0.05, 0) is 56.4 Å².